The second-order valence-electron chi connectivity index (χ2n) is 5.91. The summed E-state index contributed by atoms with van der Waals surface area (Å²) in [4.78, 5) is 15.9. The molecular weight excluding hydrogens is 274 g/mol. The number of imidazole rings is 1. The van der Waals surface area contributed by atoms with Crippen LogP contribution in [0.5, 0.6) is 0 Å². The Hall–Kier alpha value is -2.43. The van der Waals surface area contributed by atoms with Gasteiger partial charge >= 0.3 is 0 Å². The number of hydrogen-bond acceptors (Lipinski definition) is 4. The van der Waals surface area contributed by atoms with E-state index in [4.69, 9.17) is 0 Å². The minimum absolute atomic E-state index is 0.525. The minimum atomic E-state index is 0.525. The maximum Gasteiger partial charge on any atom is 0.165 e. The first-order chi connectivity index (χ1) is 10.8. The third-order valence-corrected chi connectivity index (χ3v) is 4.40. The van der Waals surface area contributed by atoms with Crippen LogP contribution in [0, 0.1) is 0 Å². The van der Waals surface area contributed by atoms with E-state index < -0.39 is 0 Å². The van der Waals surface area contributed by atoms with Gasteiger partial charge in [-0.05, 0) is 25.3 Å². The predicted octanol–water partition coefficient (Wildman–Crippen LogP) is 2.86. The summed E-state index contributed by atoms with van der Waals surface area (Å²) in [6, 6.07) is 10.9. The SMILES string of the molecule is CC1CCCN1c1ncnc2c1ncn2Cc1ccccc1. The Bertz CT molecular complexity index is 780. The lowest BCUT2D eigenvalue weighted by atomic mass is 10.2. The molecule has 1 aromatic carbocycles. The van der Waals surface area contributed by atoms with Gasteiger partial charge in [0.2, 0.25) is 0 Å². The van der Waals surface area contributed by atoms with Gasteiger partial charge in [0.05, 0.1) is 12.9 Å². The number of nitrogens with zero attached hydrogens (tertiary/aromatic N) is 5. The van der Waals surface area contributed by atoms with Gasteiger partial charge in [-0.15, -0.1) is 0 Å². The highest BCUT2D eigenvalue weighted by atomic mass is 15.3. The van der Waals surface area contributed by atoms with E-state index in [1.54, 1.807) is 6.33 Å². The number of aromatic nitrogens is 4. The highest BCUT2D eigenvalue weighted by molar-refractivity contribution is 5.83. The van der Waals surface area contributed by atoms with Crippen molar-refractivity contribution in [2.24, 2.45) is 0 Å². The lowest BCUT2D eigenvalue weighted by molar-refractivity contribution is 0.728. The lowest BCUT2D eigenvalue weighted by Gasteiger charge is -2.22. The van der Waals surface area contributed by atoms with Crippen molar-refractivity contribution in [3.8, 4) is 0 Å². The van der Waals surface area contributed by atoms with Crippen LogP contribution in [-0.2, 0) is 6.54 Å². The molecule has 1 aliphatic heterocycles. The fourth-order valence-corrected chi connectivity index (χ4v) is 3.22. The van der Waals surface area contributed by atoms with Crippen LogP contribution in [0.4, 0.5) is 5.82 Å². The molecule has 1 atom stereocenters. The monoisotopic (exact) mass is 293 g/mol. The molecule has 22 heavy (non-hydrogen) atoms. The zero-order valence-electron chi connectivity index (χ0n) is 12.7. The Morgan fingerprint density at radius 1 is 1.14 bits per heavy atom. The van der Waals surface area contributed by atoms with Gasteiger partial charge in [-0.3, -0.25) is 0 Å². The van der Waals surface area contributed by atoms with Gasteiger partial charge in [-0.2, -0.15) is 0 Å². The van der Waals surface area contributed by atoms with Gasteiger partial charge in [-0.1, -0.05) is 30.3 Å². The van der Waals surface area contributed by atoms with Crippen molar-refractivity contribution in [2.45, 2.75) is 32.4 Å². The summed E-state index contributed by atoms with van der Waals surface area (Å²) >= 11 is 0. The molecule has 5 heteroatoms. The molecule has 0 radical (unpaired) electrons. The van der Waals surface area contributed by atoms with E-state index in [-0.39, 0.29) is 0 Å². The van der Waals surface area contributed by atoms with Crippen molar-refractivity contribution in [3.05, 3.63) is 48.5 Å². The maximum atomic E-state index is 4.59. The maximum absolute atomic E-state index is 4.59. The van der Waals surface area contributed by atoms with E-state index in [1.165, 1.54) is 18.4 Å². The molecule has 0 bridgehead atoms. The summed E-state index contributed by atoms with van der Waals surface area (Å²) in [6.45, 7) is 4.09. The first-order valence-corrected chi connectivity index (χ1v) is 7.79. The van der Waals surface area contributed by atoms with Crippen molar-refractivity contribution in [3.63, 3.8) is 0 Å². The molecule has 1 unspecified atom stereocenters. The van der Waals surface area contributed by atoms with Crippen LogP contribution in [0.3, 0.4) is 0 Å². The fraction of sp³-hybridized carbons (Fsp3) is 0.353. The van der Waals surface area contributed by atoms with E-state index in [0.717, 1.165) is 30.1 Å². The molecule has 1 aliphatic rings. The quantitative estimate of drug-likeness (QED) is 0.745. The number of benzene rings is 1. The summed E-state index contributed by atoms with van der Waals surface area (Å²) in [7, 11) is 0. The van der Waals surface area contributed by atoms with Crippen LogP contribution in [0.2, 0.25) is 0 Å². The summed E-state index contributed by atoms with van der Waals surface area (Å²) < 4.78 is 2.09. The molecular formula is C17H19N5. The van der Waals surface area contributed by atoms with E-state index >= 15 is 0 Å². The van der Waals surface area contributed by atoms with E-state index in [0.29, 0.717) is 6.04 Å². The summed E-state index contributed by atoms with van der Waals surface area (Å²) in [5.74, 6) is 0.974. The van der Waals surface area contributed by atoms with E-state index in [1.807, 2.05) is 12.4 Å². The first-order valence-electron chi connectivity index (χ1n) is 7.79. The zero-order chi connectivity index (χ0) is 14.9. The summed E-state index contributed by atoms with van der Waals surface area (Å²) in [6.07, 6.45) is 5.97. The van der Waals surface area contributed by atoms with Crippen LogP contribution >= 0.6 is 0 Å². The Kier molecular flexibility index (Phi) is 3.25. The average Bonchev–Trinajstić information content (AvgIpc) is 3.15. The van der Waals surface area contributed by atoms with Gasteiger partial charge < -0.3 is 9.47 Å². The molecule has 112 valence electrons. The van der Waals surface area contributed by atoms with Crippen molar-refractivity contribution in [1.82, 2.24) is 19.5 Å². The standard InChI is InChI=1S/C17H19N5/c1-13-6-5-9-22(13)17-15-16(18-11-19-17)21(12-20-15)10-14-7-3-2-4-8-14/h2-4,7-8,11-13H,5-6,9-10H2,1H3. The van der Waals surface area contributed by atoms with Crippen molar-refractivity contribution < 1.29 is 0 Å². The molecule has 1 saturated heterocycles. The average molecular weight is 293 g/mol. The summed E-state index contributed by atoms with van der Waals surface area (Å²) in [5.41, 5.74) is 3.07. The normalized spacial score (nSPS) is 18.2. The molecule has 3 aromatic rings. The molecule has 0 N–H and O–H groups in total. The Labute approximate surface area is 129 Å². The molecule has 2 aromatic heterocycles. The molecule has 4 rings (SSSR count). The smallest absolute Gasteiger partial charge is 0.165 e. The molecule has 0 aliphatic carbocycles. The largest absolute Gasteiger partial charge is 0.352 e. The van der Waals surface area contributed by atoms with Gasteiger partial charge in [0.15, 0.2) is 17.0 Å². The van der Waals surface area contributed by atoms with Crippen molar-refractivity contribution in [2.75, 3.05) is 11.4 Å². The first kappa shape index (κ1) is 13.2. The molecule has 0 amide bonds. The second-order valence-corrected chi connectivity index (χ2v) is 5.91. The second kappa shape index (κ2) is 5.40. The van der Waals surface area contributed by atoms with Gasteiger partial charge in [0.1, 0.15) is 6.33 Å². The van der Waals surface area contributed by atoms with Crippen LogP contribution in [0.15, 0.2) is 43.0 Å². The molecule has 0 saturated carbocycles. The molecule has 0 spiro atoms. The molecule has 3 heterocycles. The van der Waals surface area contributed by atoms with Crippen molar-refractivity contribution in [1.29, 1.82) is 0 Å². The number of anilines is 1. The number of fused-ring (bicyclic) bond motifs is 1. The molecule has 5 nitrogen and oxygen atoms in total. The van der Waals surface area contributed by atoms with Gasteiger partial charge in [0, 0.05) is 12.6 Å². The van der Waals surface area contributed by atoms with E-state index in [9.17, 15) is 0 Å². The highest BCUT2D eigenvalue weighted by Gasteiger charge is 2.24. The van der Waals surface area contributed by atoms with Crippen LogP contribution in [-0.4, -0.2) is 32.1 Å². The Morgan fingerprint density at radius 2 is 2.00 bits per heavy atom. The highest BCUT2D eigenvalue weighted by Crippen LogP contribution is 2.28. The van der Waals surface area contributed by atoms with Crippen molar-refractivity contribution >= 4 is 17.0 Å². The Morgan fingerprint density at radius 3 is 2.77 bits per heavy atom. The predicted molar refractivity (Wildman–Crippen MR) is 86.9 cm³/mol. The third-order valence-electron chi connectivity index (χ3n) is 4.40. The lowest BCUT2D eigenvalue weighted by Crippen LogP contribution is -2.27. The molecule has 1 fully saturated rings. The summed E-state index contributed by atoms with van der Waals surface area (Å²) in [5, 5.41) is 0. The minimum Gasteiger partial charge on any atom is -0.352 e. The van der Waals surface area contributed by atoms with Gasteiger partial charge in [0.25, 0.3) is 0 Å². The van der Waals surface area contributed by atoms with E-state index in [2.05, 4.69) is 55.6 Å². The Balaban J connectivity index is 1.73. The fourth-order valence-electron chi connectivity index (χ4n) is 3.22. The topological polar surface area (TPSA) is 46.8 Å². The number of hydrogen-bond donors (Lipinski definition) is 0. The van der Waals surface area contributed by atoms with Crippen LogP contribution < -0.4 is 4.90 Å². The van der Waals surface area contributed by atoms with Crippen LogP contribution in [0.1, 0.15) is 25.3 Å². The zero-order valence-corrected chi connectivity index (χ0v) is 12.7. The third kappa shape index (κ3) is 2.22. The van der Waals surface area contributed by atoms with Crippen LogP contribution in [0.25, 0.3) is 11.2 Å². The van der Waals surface area contributed by atoms with Gasteiger partial charge in [-0.25, -0.2) is 15.0 Å². The number of rotatable bonds is 3.